The second-order valence-corrected chi connectivity index (χ2v) is 9.47. The molecule has 1 aromatic carbocycles. The molecule has 0 aliphatic heterocycles. The molecule has 0 saturated carbocycles. The van der Waals surface area contributed by atoms with Crippen molar-refractivity contribution in [3.63, 3.8) is 0 Å². The molecule has 0 bridgehead atoms. The summed E-state index contributed by atoms with van der Waals surface area (Å²) in [5.41, 5.74) is 2.56. The standard InChI is InChI=1S/C20H35N3O3S/c1-6-21-20(22-11-12-26-13-14-27(5,24)25)23-17(4)19-9-7-18(8-10-19)15-16(2)3/h7-10,16-17H,6,11-15H2,1-5H3,(H2,21,22,23). The second-order valence-electron chi connectivity index (χ2n) is 7.21. The van der Waals surface area contributed by atoms with Gasteiger partial charge in [-0.2, -0.15) is 0 Å². The largest absolute Gasteiger partial charge is 0.378 e. The van der Waals surface area contributed by atoms with Gasteiger partial charge in [0.2, 0.25) is 0 Å². The van der Waals surface area contributed by atoms with Gasteiger partial charge in [0, 0.05) is 12.8 Å². The van der Waals surface area contributed by atoms with Gasteiger partial charge in [0.05, 0.1) is 31.6 Å². The second kappa shape index (κ2) is 12.0. The predicted molar refractivity (Wildman–Crippen MR) is 113 cm³/mol. The SMILES string of the molecule is CCNC(=NCCOCCS(C)(=O)=O)NC(C)c1ccc(CC(C)C)cc1. The molecule has 1 atom stereocenters. The molecule has 1 aromatic rings. The molecule has 7 heteroatoms. The minimum atomic E-state index is -2.98. The van der Waals surface area contributed by atoms with Gasteiger partial charge in [-0.25, -0.2) is 8.42 Å². The first-order chi connectivity index (χ1) is 12.7. The molecule has 154 valence electrons. The van der Waals surface area contributed by atoms with E-state index in [0.717, 1.165) is 18.9 Å². The maximum absolute atomic E-state index is 11.1. The molecule has 0 amide bonds. The van der Waals surface area contributed by atoms with Gasteiger partial charge in [-0.15, -0.1) is 0 Å². The van der Waals surface area contributed by atoms with Crippen LogP contribution in [0.25, 0.3) is 0 Å². The van der Waals surface area contributed by atoms with E-state index in [0.29, 0.717) is 19.1 Å². The summed E-state index contributed by atoms with van der Waals surface area (Å²) in [6.07, 6.45) is 2.30. The van der Waals surface area contributed by atoms with E-state index >= 15 is 0 Å². The zero-order valence-corrected chi connectivity index (χ0v) is 18.1. The summed E-state index contributed by atoms with van der Waals surface area (Å²) in [4.78, 5) is 4.49. The van der Waals surface area contributed by atoms with Crippen molar-refractivity contribution in [2.24, 2.45) is 10.9 Å². The van der Waals surface area contributed by atoms with Crippen LogP contribution >= 0.6 is 0 Å². The van der Waals surface area contributed by atoms with Crippen molar-refractivity contribution < 1.29 is 13.2 Å². The molecular weight excluding hydrogens is 362 g/mol. The Kier molecular flexibility index (Phi) is 10.4. The molecule has 0 aromatic heterocycles. The van der Waals surface area contributed by atoms with Crippen LogP contribution in [-0.2, 0) is 21.0 Å². The number of ether oxygens (including phenoxy) is 1. The van der Waals surface area contributed by atoms with Gasteiger partial charge in [0.1, 0.15) is 9.84 Å². The molecule has 0 aliphatic rings. The zero-order chi connectivity index (χ0) is 20.3. The number of rotatable bonds is 11. The summed E-state index contributed by atoms with van der Waals surface area (Å²) < 4.78 is 27.4. The molecule has 1 unspecified atom stereocenters. The monoisotopic (exact) mass is 397 g/mol. The molecule has 0 aliphatic carbocycles. The Labute approximate surface area is 164 Å². The van der Waals surface area contributed by atoms with Gasteiger partial charge in [0.25, 0.3) is 0 Å². The van der Waals surface area contributed by atoms with Gasteiger partial charge in [-0.1, -0.05) is 38.1 Å². The van der Waals surface area contributed by atoms with Crippen LogP contribution < -0.4 is 10.6 Å². The number of hydrogen-bond donors (Lipinski definition) is 2. The maximum Gasteiger partial charge on any atom is 0.191 e. The Morgan fingerprint density at radius 3 is 2.37 bits per heavy atom. The summed E-state index contributed by atoms with van der Waals surface area (Å²) in [6, 6.07) is 8.82. The highest BCUT2D eigenvalue weighted by atomic mass is 32.2. The minimum Gasteiger partial charge on any atom is -0.378 e. The highest BCUT2D eigenvalue weighted by Gasteiger charge is 2.08. The van der Waals surface area contributed by atoms with Crippen molar-refractivity contribution in [3.8, 4) is 0 Å². The zero-order valence-electron chi connectivity index (χ0n) is 17.3. The fourth-order valence-electron chi connectivity index (χ4n) is 2.56. The lowest BCUT2D eigenvalue weighted by atomic mass is 10.00. The van der Waals surface area contributed by atoms with Crippen LogP contribution in [0, 0.1) is 5.92 Å². The number of aliphatic imine (C=N–C) groups is 1. The first-order valence-corrected chi connectivity index (χ1v) is 11.7. The first-order valence-electron chi connectivity index (χ1n) is 9.60. The number of sulfone groups is 1. The Morgan fingerprint density at radius 2 is 1.81 bits per heavy atom. The van der Waals surface area contributed by atoms with E-state index in [1.807, 2.05) is 6.92 Å². The molecule has 0 saturated heterocycles. The normalized spacial score (nSPS) is 13.6. The molecule has 0 spiro atoms. The third-order valence-electron chi connectivity index (χ3n) is 3.93. The fraction of sp³-hybridized carbons (Fsp3) is 0.650. The maximum atomic E-state index is 11.1. The van der Waals surface area contributed by atoms with E-state index in [2.05, 4.69) is 60.7 Å². The van der Waals surface area contributed by atoms with Crippen LogP contribution in [0.3, 0.4) is 0 Å². The lowest BCUT2D eigenvalue weighted by molar-refractivity contribution is 0.157. The third-order valence-corrected chi connectivity index (χ3v) is 4.83. The molecule has 1 rings (SSSR count). The number of benzene rings is 1. The quantitative estimate of drug-likeness (QED) is 0.341. The van der Waals surface area contributed by atoms with E-state index in [1.54, 1.807) is 0 Å². The molecule has 0 fully saturated rings. The van der Waals surface area contributed by atoms with Gasteiger partial charge in [0.15, 0.2) is 5.96 Å². The summed E-state index contributed by atoms with van der Waals surface area (Å²) in [6.45, 7) is 10.4. The van der Waals surface area contributed by atoms with Crippen molar-refractivity contribution in [1.29, 1.82) is 0 Å². The van der Waals surface area contributed by atoms with Gasteiger partial charge in [-0.05, 0) is 37.3 Å². The van der Waals surface area contributed by atoms with Crippen LogP contribution in [0.4, 0.5) is 0 Å². The Morgan fingerprint density at radius 1 is 1.15 bits per heavy atom. The van der Waals surface area contributed by atoms with E-state index < -0.39 is 9.84 Å². The van der Waals surface area contributed by atoms with Gasteiger partial charge < -0.3 is 15.4 Å². The average Bonchev–Trinajstić information content (AvgIpc) is 2.57. The molecule has 6 nitrogen and oxygen atoms in total. The molecule has 27 heavy (non-hydrogen) atoms. The summed E-state index contributed by atoms with van der Waals surface area (Å²) in [5.74, 6) is 1.42. The van der Waals surface area contributed by atoms with Crippen LogP contribution in [0.1, 0.15) is 44.9 Å². The van der Waals surface area contributed by atoms with E-state index in [-0.39, 0.29) is 18.4 Å². The average molecular weight is 398 g/mol. The number of nitrogens with zero attached hydrogens (tertiary/aromatic N) is 1. The minimum absolute atomic E-state index is 0.0405. The van der Waals surface area contributed by atoms with Crippen molar-refractivity contribution in [2.75, 3.05) is 38.3 Å². The summed E-state index contributed by atoms with van der Waals surface area (Å²) in [5, 5.41) is 6.62. The number of guanidine groups is 1. The van der Waals surface area contributed by atoms with E-state index in [1.165, 1.54) is 17.4 Å². The Bertz CT molecular complexity index is 670. The van der Waals surface area contributed by atoms with Crippen LogP contribution in [-0.4, -0.2) is 52.7 Å². The lowest BCUT2D eigenvalue weighted by Gasteiger charge is -2.18. The van der Waals surface area contributed by atoms with Crippen LogP contribution in [0.2, 0.25) is 0 Å². The predicted octanol–water partition coefficient (Wildman–Crippen LogP) is 2.56. The van der Waals surface area contributed by atoms with Crippen molar-refractivity contribution in [3.05, 3.63) is 35.4 Å². The summed E-state index contributed by atoms with van der Waals surface area (Å²) >= 11 is 0. The van der Waals surface area contributed by atoms with Gasteiger partial charge in [-0.3, -0.25) is 4.99 Å². The number of hydrogen-bond acceptors (Lipinski definition) is 4. The smallest absolute Gasteiger partial charge is 0.191 e. The summed E-state index contributed by atoms with van der Waals surface area (Å²) in [7, 11) is -2.98. The van der Waals surface area contributed by atoms with Crippen molar-refractivity contribution in [1.82, 2.24) is 10.6 Å². The Hall–Kier alpha value is -1.60. The molecular formula is C20H35N3O3S. The number of nitrogens with one attached hydrogen (secondary N) is 2. The molecule has 2 N–H and O–H groups in total. The van der Waals surface area contributed by atoms with E-state index in [4.69, 9.17) is 4.74 Å². The molecule has 0 radical (unpaired) electrons. The highest BCUT2D eigenvalue weighted by Crippen LogP contribution is 2.15. The van der Waals surface area contributed by atoms with Gasteiger partial charge >= 0.3 is 0 Å². The Balaban J connectivity index is 2.51. The van der Waals surface area contributed by atoms with Crippen LogP contribution in [0.5, 0.6) is 0 Å². The van der Waals surface area contributed by atoms with E-state index in [9.17, 15) is 8.42 Å². The first kappa shape index (κ1) is 23.4. The van der Waals surface area contributed by atoms with Crippen molar-refractivity contribution in [2.45, 2.75) is 40.2 Å². The van der Waals surface area contributed by atoms with Crippen molar-refractivity contribution >= 4 is 15.8 Å². The lowest BCUT2D eigenvalue weighted by Crippen LogP contribution is -2.39. The van der Waals surface area contributed by atoms with Crippen LogP contribution in [0.15, 0.2) is 29.3 Å². The topological polar surface area (TPSA) is 79.8 Å². The molecule has 0 heterocycles. The highest BCUT2D eigenvalue weighted by molar-refractivity contribution is 7.90. The fourth-order valence-corrected chi connectivity index (χ4v) is 2.98. The third kappa shape index (κ3) is 11.0.